The van der Waals surface area contributed by atoms with E-state index in [1.165, 1.54) is 11.1 Å². The number of aromatic nitrogens is 1. The maximum absolute atomic E-state index is 14.3. The lowest BCUT2D eigenvalue weighted by molar-refractivity contribution is -0.141. The number of benzene rings is 1. The average molecular weight is 785 g/mol. The number of cyclic esters (lactones) is 1. The van der Waals surface area contributed by atoms with Crippen molar-refractivity contribution < 1.29 is 46.6 Å². The molecule has 5 atom stereocenters. The van der Waals surface area contributed by atoms with Crippen LogP contribution in [0.4, 0.5) is 4.79 Å². The Bertz CT molecular complexity index is 1920. The van der Waals surface area contributed by atoms with Crippen LogP contribution in [0.15, 0.2) is 42.6 Å². The number of alkyl carbamates (subject to hydrolysis) is 1. The van der Waals surface area contributed by atoms with Crippen LogP contribution in [-0.4, -0.2) is 96.7 Å². The SMILES string of the molecule is O=C1N[C@H]2CCCCC/C=C\[C@@H]3C[C@@]3(C(=O)NS(=O)(=O)C3CC3)NC(=O)[C@@H]3C[C@H](CN3C2=O)NC(=O)c2cnc(s2)Oc2cccc(c2)OCCCCO1. The fraction of sp³-hybridized carbons (Fsp3) is 0.556. The van der Waals surface area contributed by atoms with E-state index in [2.05, 4.69) is 25.7 Å². The van der Waals surface area contributed by atoms with Crippen LogP contribution < -0.4 is 30.1 Å². The summed E-state index contributed by atoms with van der Waals surface area (Å²) >= 11 is 1.02. The number of hydrogen-bond acceptors (Lipinski definition) is 12. The lowest BCUT2D eigenvalue weighted by Gasteiger charge is -2.30. The Morgan fingerprint density at radius 1 is 0.981 bits per heavy atom. The van der Waals surface area contributed by atoms with Crippen molar-refractivity contribution in [2.24, 2.45) is 5.92 Å². The Labute approximate surface area is 316 Å². The molecule has 54 heavy (non-hydrogen) atoms. The number of rotatable bonds is 3. The van der Waals surface area contributed by atoms with Gasteiger partial charge in [0.1, 0.15) is 34.0 Å². The van der Waals surface area contributed by atoms with Crippen molar-refractivity contribution in [2.75, 3.05) is 19.8 Å². The molecule has 0 spiro atoms. The molecular formula is C36H44N6O10S2. The number of carbonyl (C=O) groups excluding carboxylic acids is 5. The molecule has 18 heteroatoms. The lowest BCUT2D eigenvalue weighted by Crippen LogP contribution is -2.58. The smallest absolute Gasteiger partial charge is 0.407 e. The number of fused-ring (bicyclic) bond motifs is 7. The van der Waals surface area contributed by atoms with Crippen LogP contribution >= 0.6 is 11.3 Å². The zero-order valence-corrected chi connectivity index (χ0v) is 31.3. The van der Waals surface area contributed by atoms with Gasteiger partial charge in [-0.3, -0.25) is 23.9 Å². The maximum atomic E-state index is 14.3. The van der Waals surface area contributed by atoms with Gasteiger partial charge < -0.3 is 35.1 Å². The largest absolute Gasteiger partial charge is 0.493 e. The topological polar surface area (TPSA) is 211 Å². The maximum Gasteiger partial charge on any atom is 0.407 e. The van der Waals surface area contributed by atoms with Crippen molar-refractivity contribution in [2.45, 2.75) is 99.5 Å². The average Bonchev–Trinajstić information content (AvgIpc) is 4.02. The number of ether oxygens (including phenoxy) is 3. The third kappa shape index (κ3) is 8.80. The van der Waals surface area contributed by atoms with E-state index >= 15 is 0 Å². The zero-order chi connectivity index (χ0) is 37.9. The lowest BCUT2D eigenvalue weighted by atomic mass is 10.0. The molecule has 3 fully saturated rings. The minimum absolute atomic E-state index is 0.00594. The number of nitrogens with zero attached hydrogens (tertiary/aromatic N) is 2. The standard InChI is InChI=1S/C36H44N6O10S2/c43-30-28-17-23-21-42(28)32(45)27(12-5-3-1-2-4-9-22-19-36(22,40-30)33(46)41-54(48,49)26-13-14-26)39-34(47)51-16-7-6-15-50-24-10-8-11-25(18-24)52-35-37-20-29(53-35)31(44)38-23/h4,8-11,18,20,22-23,26-28H,1-3,5-7,12-17,19,21H2,(H,38,44)(H,39,47)(H,40,43)(H,41,46)/b9-4-/t22-,23-,27+,28+,36-/m1/s1. The molecule has 4 N–H and O–H groups in total. The van der Waals surface area contributed by atoms with Crippen molar-refractivity contribution in [3.05, 3.63) is 47.5 Å². The van der Waals surface area contributed by atoms with Crippen molar-refractivity contribution in [1.29, 1.82) is 0 Å². The second-order valence-electron chi connectivity index (χ2n) is 14.4. The predicted molar refractivity (Wildman–Crippen MR) is 194 cm³/mol. The molecule has 0 radical (unpaired) electrons. The van der Waals surface area contributed by atoms with Crippen molar-refractivity contribution in [3.8, 4) is 16.7 Å². The molecule has 2 aliphatic carbocycles. The van der Waals surface area contributed by atoms with E-state index in [0.29, 0.717) is 56.6 Å². The van der Waals surface area contributed by atoms with Gasteiger partial charge in [0.25, 0.3) is 17.0 Å². The van der Waals surface area contributed by atoms with Crippen LogP contribution in [0.2, 0.25) is 0 Å². The number of thiazole rings is 1. The van der Waals surface area contributed by atoms with E-state index in [1.54, 1.807) is 24.3 Å². The summed E-state index contributed by atoms with van der Waals surface area (Å²) < 4.78 is 44.9. The minimum Gasteiger partial charge on any atom is -0.493 e. The molecule has 1 aromatic heterocycles. The molecule has 3 aliphatic heterocycles. The highest BCUT2D eigenvalue weighted by Crippen LogP contribution is 2.46. The minimum atomic E-state index is -3.91. The van der Waals surface area contributed by atoms with Gasteiger partial charge >= 0.3 is 6.09 Å². The fourth-order valence-electron chi connectivity index (χ4n) is 7.04. The molecule has 1 saturated heterocycles. The quantitative estimate of drug-likeness (QED) is 0.333. The van der Waals surface area contributed by atoms with Gasteiger partial charge in [-0.1, -0.05) is 42.4 Å². The molecule has 7 rings (SSSR count). The third-order valence-electron chi connectivity index (χ3n) is 10.3. The van der Waals surface area contributed by atoms with Crippen molar-refractivity contribution >= 4 is 51.1 Å². The van der Waals surface area contributed by atoms with Gasteiger partial charge in [-0.2, -0.15) is 0 Å². The molecule has 290 valence electrons. The van der Waals surface area contributed by atoms with E-state index in [-0.39, 0.29) is 42.5 Å². The normalized spacial score (nSPS) is 29.1. The van der Waals surface area contributed by atoms with E-state index < -0.39 is 74.6 Å². The Morgan fingerprint density at radius 2 is 1.78 bits per heavy atom. The highest BCUT2D eigenvalue weighted by Gasteiger charge is 2.62. The van der Waals surface area contributed by atoms with Crippen molar-refractivity contribution in [1.82, 2.24) is 30.6 Å². The molecule has 2 saturated carbocycles. The first kappa shape index (κ1) is 37.6. The molecule has 2 aromatic rings. The molecule has 5 amide bonds. The van der Waals surface area contributed by atoms with Crippen LogP contribution in [0.3, 0.4) is 0 Å². The fourth-order valence-corrected chi connectivity index (χ4v) is 9.10. The van der Waals surface area contributed by atoms with E-state index in [9.17, 15) is 32.4 Å². The summed E-state index contributed by atoms with van der Waals surface area (Å²) in [6.45, 7) is 0.373. The van der Waals surface area contributed by atoms with Gasteiger partial charge in [-0.15, -0.1) is 0 Å². The first-order valence-electron chi connectivity index (χ1n) is 18.5. The zero-order valence-electron chi connectivity index (χ0n) is 29.6. The van der Waals surface area contributed by atoms with Crippen molar-refractivity contribution in [3.63, 3.8) is 0 Å². The Balaban J connectivity index is 1.16. The summed E-state index contributed by atoms with van der Waals surface area (Å²) in [6.07, 6.45) is 9.61. The van der Waals surface area contributed by atoms with Crippen LogP contribution in [0.25, 0.3) is 0 Å². The second kappa shape index (κ2) is 15.9. The van der Waals surface area contributed by atoms with E-state index in [1.807, 2.05) is 12.2 Å². The summed E-state index contributed by atoms with van der Waals surface area (Å²) in [7, 11) is -3.91. The highest BCUT2D eigenvalue weighted by molar-refractivity contribution is 7.91. The number of nitrogens with one attached hydrogen (secondary N) is 4. The predicted octanol–water partition coefficient (Wildman–Crippen LogP) is 2.91. The second-order valence-corrected chi connectivity index (χ2v) is 17.3. The van der Waals surface area contributed by atoms with E-state index in [0.717, 1.165) is 24.2 Å². The molecule has 7 bridgehead atoms. The molecule has 16 nitrogen and oxygen atoms in total. The Hall–Kier alpha value is -4.71. The summed E-state index contributed by atoms with van der Waals surface area (Å²) in [6, 6.07) is 4.10. The summed E-state index contributed by atoms with van der Waals surface area (Å²) in [5, 5.41) is 8.03. The van der Waals surface area contributed by atoms with Gasteiger partial charge in [0.2, 0.25) is 21.8 Å². The number of sulfonamides is 1. The molecule has 5 aliphatic rings. The summed E-state index contributed by atoms with van der Waals surface area (Å²) in [5.41, 5.74) is -1.53. The highest BCUT2D eigenvalue weighted by atomic mass is 32.2. The molecule has 0 unspecified atom stereocenters. The summed E-state index contributed by atoms with van der Waals surface area (Å²) in [5.74, 6) is -1.94. The molecular weight excluding hydrogens is 741 g/mol. The van der Waals surface area contributed by atoms with Gasteiger partial charge in [0.15, 0.2) is 0 Å². The number of allylic oxidation sites excluding steroid dienone is 1. The van der Waals surface area contributed by atoms with Crippen LogP contribution in [0, 0.1) is 5.92 Å². The van der Waals surface area contributed by atoms with Crippen LogP contribution in [0.1, 0.15) is 80.3 Å². The Kier molecular flexibility index (Phi) is 11.1. The molecule has 1 aromatic carbocycles. The van der Waals surface area contributed by atoms with Gasteiger partial charge in [0.05, 0.1) is 24.7 Å². The van der Waals surface area contributed by atoms with Gasteiger partial charge in [0, 0.05) is 24.6 Å². The number of hydrogen-bond donors (Lipinski definition) is 4. The van der Waals surface area contributed by atoms with Crippen LogP contribution in [0.5, 0.6) is 16.7 Å². The Morgan fingerprint density at radius 3 is 2.59 bits per heavy atom. The van der Waals surface area contributed by atoms with E-state index in [4.69, 9.17) is 14.2 Å². The van der Waals surface area contributed by atoms with Gasteiger partial charge in [-0.05, 0) is 69.9 Å². The first-order chi connectivity index (χ1) is 26.0. The monoisotopic (exact) mass is 784 g/mol. The number of amides is 5. The number of carbonyl (C=O) groups is 5. The molecule has 4 heterocycles. The first-order valence-corrected chi connectivity index (χ1v) is 20.8. The summed E-state index contributed by atoms with van der Waals surface area (Å²) in [4.78, 5) is 74.5. The van der Waals surface area contributed by atoms with Gasteiger partial charge in [-0.25, -0.2) is 18.2 Å². The third-order valence-corrected chi connectivity index (χ3v) is 13.0. The van der Waals surface area contributed by atoms with Crippen LogP contribution in [-0.2, 0) is 29.1 Å².